The number of nitrogens with zero attached hydrogens (tertiary/aromatic N) is 1. The van der Waals surface area contributed by atoms with Gasteiger partial charge in [-0.1, -0.05) is 23.7 Å². The summed E-state index contributed by atoms with van der Waals surface area (Å²) in [5.41, 5.74) is 2.36. The number of amides is 1. The van der Waals surface area contributed by atoms with Crippen LogP contribution < -0.4 is 10.2 Å². The van der Waals surface area contributed by atoms with Crippen LogP contribution in [0.4, 0.5) is 15.8 Å². The smallest absolute Gasteiger partial charge is 0.228 e. The molecule has 1 aliphatic rings. The fraction of sp³-hybridized carbons (Fsp3) is 0.278. The number of hydrogen-bond donors (Lipinski definition) is 1. The number of carbonyl (C=O) groups excluding carboxylic acids is 1. The normalized spacial score (nSPS) is 14.5. The van der Waals surface area contributed by atoms with Gasteiger partial charge in [0, 0.05) is 18.1 Å². The second kappa shape index (κ2) is 7.64. The van der Waals surface area contributed by atoms with Gasteiger partial charge >= 0.3 is 0 Å². The maximum absolute atomic E-state index is 12.9. The van der Waals surface area contributed by atoms with Crippen LogP contribution in [-0.4, -0.2) is 32.2 Å². The standard InChI is InChI=1S/C18H18ClFN2O2/c19-14-3-6-17(22-7-9-24-10-8-22)16(12-14)21-18(23)11-13-1-4-15(20)5-2-13/h1-6,12H,7-11H2,(H,21,23). The summed E-state index contributed by atoms with van der Waals surface area (Å²) in [6, 6.07) is 11.4. The molecule has 0 atom stereocenters. The Balaban J connectivity index is 1.74. The van der Waals surface area contributed by atoms with Crippen LogP contribution in [0.2, 0.25) is 5.02 Å². The van der Waals surface area contributed by atoms with Crippen molar-refractivity contribution in [2.45, 2.75) is 6.42 Å². The summed E-state index contributed by atoms with van der Waals surface area (Å²) in [6.07, 6.45) is 0.176. The number of halogens is 2. The number of ether oxygens (including phenoxy) is 1. The third kappa shape index (κ3) is 4.24. The average molecular weight is 349 g/mol. The number of nitrogens with one attached hydrogen (secondary N) is 1. The topological polar surface area (TPSA) is 41.6 Å². The molecule has 2 aromatic carbocycles. The van der Waals surface area contributed by atoms with Crippen molar-refractivity contribution >= 4 is 28.9 Å². The summed E-state index contributed by atoms with van der Waals surface area (Å²) >= 11 is 6.08. The first-order valence-corrected chi connectivity index (χ1v) is 8.16. The molecular formula is C18H18ClFN2O2. The van der Waals surface area contributed by atoms with E-state index < -0.39 is 0 Å². The minimum absolute atomic E-state index is 0.168. The van der Waals surface area contributed by atoms with Gasteiger partial charge in [-0.3, -0.25) is 4.79 Å². The van der Waals surface area contributed by atoms with Gasteiger partial charge in [-0.15, -0.1) is 0 Å². The summed E-state index contributed by atoms with van der Waals surface area (Å²) < 4.78 is 18.3. The van der Waals surface area contributed by atoms with E-state index in [1.54, 1.807) is 18.2 Å². The molecule has 1 aliphatic heterocycles. The van der Waals surface area contributed by atoms with Crippen LogP contribution >= 0.6 is 11.6 Å². The van der Waals surface area contributed by atoms with Crippen molar-refractivity contribution in [3.05, 3.63) is 58.9 Å². The second-order valence-electron chi connectivity index (χ2n) is 5.61. The molecular weight excluding hydrogens is 331 g/mol. The third-order valence-electron chi connectivity index (χ3n) is 3.86. The van der Waals surface area contributed by atoms with E-state index in [0.717, 1.165) is 24.3 Å². The SMILES string of the molecule is O=C(Cc1ccc(F)cc1)Nc1cc(Cl)ccc1N1CCOCC1. The van der Waals surface area contributed by atoms with E-state index in [4.69, 9.17) is 16.3 Å². The van der Waals surface area contributed by atoms with Gasteiger partial charge in [-0.2, -0.15) is 0 Å². The molecule has 0 saturated carbocycles. The number of hydrogen-bond acceptors (Lipinski definition) is 3. The number of anilines is 2. The van der Waals surface area contributed by atoms with Gasteiger partial charge < -0.3 is 15.0 Å². The Morgan fingerprint density at radius 1 is 1.17 bits per heavy atom. The lowest BCUT2D eigenvalue weighted by molar-refractivity contribution is -0.115. The molecule has 0 bridgehead atoms. The summed E-state index contributed by atoms with van der Waals surface area (Å²) in [4.78, 5) is 14.5. The third-order valence-corrected chi connectivity index (χ3v) is 4.10. The zero-order valence-electron chi connectivity index (χ0n) is 13.1. The highest BCUT2D eigenvalue weighted by molar-refractivity contribution is 6.31. The summed E-state index contributed by atoms with van der Waals surface area (Å²) in [7, 11) is 0. The molecule has 1 amide bonds. The van der Waals surface area contributed by atoms with Gasteiger partial charge in [0.2, 0.25) is 5.91 Å². The van der Waals surface area contributed by atoms with Crippen LogP contribution in [0, 0.1) is 5.82 Å². The number of morpholine rings is 1. The molecule has 126 valence electrons. The quantitative estimate of drug-likeness (QED) is 0.919. The minimum Gasteiger partial charge on any atom is -0.378 e. The number of benzene rings is 2. The lowest BCUT2D eigenvalue weighted by Gasteiger charge is -2.30. The highest BCUT2D eigenvalue weighted by atomic mass is 35.5. The Morgan fingerprint density at radius 3 is 2.58 bits per heavy atom. The Labute approximate surface area is 145 Å². The van der Waals surface area contributed by atoms with Crippen LogP contribution in [0.1, 0.15) is 5.56 Å². The molecule has 6 heteroatoms. The number of carbonyl (C=O) groups is 1. The van der Waals surface area contributed by atoms with Crippen molar-refractivity contribution in [2.75, 3.05) is 36.5 Å². The van der Waals surface area contributed by atoms with Crippen LogP contribution in [0.5, 0.6) is 0 Å². The van der Waals surface area contributed by atoms with Crippen LogP contribution in [0.15, 0.2) is 42.5 Å². The minimum atomic E-state index is -0.316. The predicted octanol–water partition coefficient (Wildman–Crippen LogP) is 3.50. The molecule has 0 radical (unpaired) electrons. The van der Waals surface area contributed by atoms with Gasteiger partial charge in [0.1, 0.15) is 5.82 Å². The molecule has 0 spiro atoms. The predicted molar refractivity (Wildman–Crippen MR) is 93.2 cm³/mol. The van der Waals surface area contributed by atoms with Crippen molar-refractivity contribution in [1.29, 1.82) is 0 Å². The van der Waals surface area contributed by atoms with Gasteiger partial charge in [0.15, 0.2) is 0 Å². The fourth-order valence-corrected chi connectivity index (χ4v) is 2.84. The molecule has 0 unspecified atom stereocenters. The molecule has 4 nitrogen and oxygen atoms in total. The Kier molecular flexibility index (Phi) is 5.33. The van der Waals surface area contributed by atoms with Crippen molar-refractivity contribution in [3.8, 4) is 0 Å². The first-order valence-electron chi connectivity index (χ1n) is 7.78. The number of rotatable bonds is 4. The Hall–Kier alpha value is -2.11. The van der Waals surface area contributed by atoms with Crippen molar-refractivity contribution in [2.24, 2.45) is 0 Å². The monoisotopic (exact) mass is 348 g/mol. The van der Waals surface area contributed by atoms with Crippen LogP contribution in [0.3, 0.4) is 0 Å². The molecule has 2 aromatic rings. The summed E-state index contributed by atoms with van der Waals surface area (Å²) in [6.45, 7) is 2.85. The van der Waals surface area contributed by atoms with Crippen LogP contribution in [0.25, 0.3) is 0 Å². The van der Waals surface area contributed by atoms with E-state index in [1.807, 2.05) is 12.1 Å². The van der Waals surface area contributed by atoms with Crippen molar-refractivity contribution in [1.82, 2.24) is 0 Å². The summed E-state index contributed by atoms with van der Waals surface area (Å²) in [5.74, 6) is -0.484. The molecule has 1 N–H and O–H groups in total. The van der Waals surface area contributed by atoms with E-state index in [2.05, 4.69) is 10.2 Å². The van der Waals surface area contributed by atoms with E-state index >= 15 is 0 Å². The fourth-order valence-electron chi connectivity index (χ4n) is 2.67. The lowest BCUT2D eigenvalue weighted by atomic mass is 10.1. The summed E-state index contributed by atoms with van der Waals surface area (Å²) in [5, 5.41) is 3.47. The first kappa shape index (κ1) is 16.7. The molecule has 1 heterocycles. The molecule has 3 rings (SSSR count). The zero-order chi connectivity index (χ0) is 16.9. The largest absolute Gasteiger partial charge is 0.378 e. The maximum atomic E-state index is 12.9. The van der Waals surface area contributed by atoms with E-state index in [9.17, 15) is 9.18 Å². The van der Waals surface area contributed by atoms with E-state index in [-0.39, 0.29) is 18.1 Å². The molecule has 1 fully saturated rings. The molecule has 24 heavy (non-hydrogen) atoms. The molecule has 0 aromatic heterocycles. The highest BCUT2D eigenvalue weighted by Crippen LogP contribution is 2.30. The highest BCUT2D eigenvalue weighted by Gasteiger charge is 2.16. The van der Waals surface area contributed by atoms with Crippen molar-refractivity contribution in [3.63, 3.8) is 0 Å². The van der Waals surface area contributed by atoms with Gasteiger partial charge in [0.25, 0.3) is 0 Å². The van der Waals surface area contributed by atoms with Gasteiger partial charge in [-0.05, 0) is 35.9 Å². The lowest BCUT2D eigenvalue weighted by Crippen LogP contribution is -2.36. The average Bonchev–Trinajstić information content (AvgIpc) is 2.58. The maximum Gasteiger partial charge on any atom is 0.228 e. The van der Waals surface area contributed by atoms with Gasteiger partial charge in [-0.25, -0.2) is 4.39 Å². The zero-order valence-corrected chi connectivity index (χ0v) is 13.9. The van der Waals surface area contributed by atoms with E-state index in [1.165, 1.54) is 12.1 Å². The van der Waals surface area contributed by atoms with E-state index in [0.29, 0.717) is 23.9 Å². The van der Waals surface area contributed by atoms with Gasteiger partial charge in [0.05, 0.1) is 31.0 Å². The Bertz CT molecular complexity index is 715. The molecule has 1 saturated heterocycles. The first-order chi connectivity index (χ1) is 11.6. The van der Waals surface area contributed by atoms with Crippen molar-refractivity contribution < 1.29 is 13.9 Å². The second-order valence-corrected chi connectivity index (χ2v) is 6.05. The van der Waals surface area contributed by atoms with Crippen LogP contribution in [-0.2, 0) is 16.0 Å². The Morgan fingerprint density at radius 2 is 1.88 bits per heavy atom. The molecule has 0 aliphatic carbocycles.